The van der Waals surface area contributed by atoms with Crippen LogP contribution in [-0.2, 0) is 11.2 Å². The van der Waals surface area contributed by atoms with E-state index in [9.17, 15) is 4.79 Å². The fraction of sp³-hybridized carbons (Fsp3) is 0.348. The van der Waals surface area contributed by atoms with Crippen LogP contribution >= 0.6 is 0 Å². The number of hydrogen-bond donors (Lipinski definition) is 1. The smallest absolute Gasteiger partial charge is 0.244 e. The first kappa shape index (κ1) is 18.4. The normalized spacial score (nSPS) is 20.1. The monoisotopic (exact) mass is 379 g/mol. The molecule has 0 aromatic heterocycles. The van der Waals surface area contributed by atoms with Crippen molar-refractivity contribution in [3.63, 3.8) is 0 Å². The minimum absolute atomic E-state index is 0.0438. The van der Waals surface area contributed by atoms with Gasteiger partial charge in [-0.2, -0.15) is 0 Å². The average Bonchev–Trinajstić information content (AvgIpc) is 3.05. The summed E-state index contributed by atoms with van der Waals surface area (Å²) in [6.45, 7) is 5.17. The highest BCUT2D eigenvalue weighted by atomic mass is 16.5. The predicted molar refractivity (Wildman–Crippen MR) is 108 cm³/mol. The van der Waals surface area contributed by atoms with E-state index < -0.39 is 0 Å². The molecule has 2 aromatic carbocycles. The van der Waals surface area contributed by atoms with E-state index in [4.69, 9.17) is 14.2 Å². The molecule has 1 amide bonds. The van der Waals surface area contributed by atoms with Gasteiger partial charge in [0.05, 0.1) is 19.3 Å². The standard InChI is InChI=1S/C23H25NO4/c1-3-26-21-14-17-12-15(2)28-22(17)13-16(21)8-9-23(25)24-19-10-11-27-20-7-5-4-6-18(19)20/h4-9,13-15,19H,3,10-12H2,1-2H3,(H,24,25)/b9-8+/t15-,19-/m0/s1. The Labute approximate surface area is 165 Å². The molecule has 2 atom stereocenters. The van der Waals surface area contributed by atoms with Crippen molar-refractivity contribution in [2.75, 3.05) is 13.2 Å². The molecular formula is C23H25NO4. The molecule has 5 heteroatoms. The lowest BCUT2D eigenvalue weighted by Crippen LogP contribution is -2.30. The van der Waals surface area contributed by atoms with Gasteiger partial charge in [0.15, 0.2) is 0 Å². The van der Waals surface area contributed by atoms with E-state index in [1.54, 1.807) is 12.2 Å². The van der Waals surface area contributed by atoms with Crippen LogP contribution in [0.3, 0.4) is 0 Å². The SMILES string of the molecule is CCOc1cc2c(cc1/C=C/C(=O)N[C@H]1CCOc3ccccc31)O[C@@H](C)C2. The van der Waals surface area contributed by atoms with Gasteiger partial charge in [0.2, 0.25) is 5.91 Å². The van der Waals surface area contributed by atoms with E-state index in [1.165, 1.54) is 0 Å². The van der Waals surface area contributed by atoms with Crippen LogP contribution < -0.4 is 19.5 Å². The molecule has 0 spiro atoms. The highest BCUT2D eigenvalue weighted by molar-refractivity contribution is 5.92. The molecule has 4 rings (SSSR count). The van der Waals surface area contributed by atoms with Crippen LogP contribution in [0, 0.1) is 0 Å². The molecule has 0 saturated carbocycles. The van der Waals surface area contributed by atoms with Crippen molar-refractivity contribution in [3.8, 4) is 17.2 Å². The second kappa shape index (κ2) is 7.97. The Morgan fingerprint density at radius 1 is 1.29 bits per heavy atom. The van der Waals surface area contributed by atoms with E-state index in [0.717, 1.165) is 46.8 Å². The van der Waals surface area contributed by atoms with Gasteiger partial charge in [-0.1, -0.05) is 18.2 Å². The summed E-state index contributed by atoms with van der Waals surface area (Å²) >= 11 is 0. The molecule has 28 heavy (non-hydrogen) atoms. The zero-order valence-electron chi connectivity index (χ0n) is 16.2. The van der Waals surface area contributed by atoms with Crippen molar-refractivity contribution in [2.24, 2.45) is 0 Å². The molecule has 2 aromatic rings. The number of para-hydroxylation sites is 1. The lowest BCUT2D eigenvalue weighted by atomic mass is 10.0. The molecule has 2 aliphatic heterocycles. The maximum Gasteiger partial charge on any atom is 0.244 e. The molecule has 0 fully saturated rings. The molecule has 0 aliphatic carbocycles. The molecule has 5 nitrogen and oxygen atoms in total. The van der Waals surface area contributed by atoms with Gasteiger partial charge in [-0.25, -0.2) is 0 Å². The number of fused-ring (bicyclic) bond motifs is 2. The van der Waals surface area contributed by atoms with E-state index in [2.05, 4.69) is 12.2 Å². The van der Waals surface area contributed by atoms with Gasteiger partial charge >= 0.3 is 0 Å². The maximum atomic E-state index is 12.5. The summed E-state index contributed by atoms with van der Waals surface area (Å²) in [6, 6.07) is 11.8. The minimum atomic E-state index is -0.140. The largest absolute Gasteiger partial charge is 0.493 e. The molecule has 2 aliphatic rings. The summed E-state index contributed by atoms with van der Waals surface area (Å²) in [6.07, 6.45) is 5.15. The van der Waals surface area contributed by atoms with Crippen LogP contribution in [0.1, 0.15) is 43.0 Å². The first-order chi connectivity index (χ1) is 13.6. The summed E-state index contributed by atoms with van der Waals surface area (Å²) < 4.78 is 17.3. The van der Waals surface area contributed by atoms with Gasteiger partial charge < -0.3 is 19.5 Å². The number of amides is 1. The van der Waals surface area contributed by atoms with Gasteiger partial charge in [0, 0.05) is 35.6 Å². The Morgan fingerprint density at radius 2 is 2.14 bits per heavy atom. The van der Waals surface area contributed by atoms with Crippen LogP contribution in [-0.4, -0.2) is 25.2 Å². The van der Waals surface area contributed by atoms with Crippen LogP contribution in [0.5, 0.6) is 17.2 Å². The second-order valence-corrected chi connectivity index (χ2v) is 7.13. The van der Waals surface area contributed by atoms with Crippen molar-refractivity contribution < 1.29 is 19.0 Å². The van der Waals surface area contributed by atoms with Crippen molar-refractivity contribution in [1.82, 2.24) is 5.32 Å². The second-order valence-electron chi connectivity index (χ2n) is 7.13. The zero-order valence-corrected chi connectivity index (χ0v) is 16.2. The summed E-state index contributed by atoms with van der Waals surface area (Å²) in [5.41, 5.74) is 3.01. The number of rotatable bonds is 5. The Balaban J connectivity index is 1.50. The van der Waals surface area contributed by atoms with Gasteiger partial charge in [-0.15, -0.1) is 0 Å². The Bertz CT molecular complexity index is 905. The number of carbonyl (C=O) groups is 1. The van der Waals surface area contributed by atoms with Crippen LogP contribution in [0.15, 0.2) is 42.5 Å². The van der Waals surface area contributed by atoms with E-state index in [-0.39, 0.29) is 18.1 Å². The van der Waals surface area contributed by atoms with Crippen molar-refractivity contribution in [1.29, 1.82) is 0 Å². The molecule has 146 valence electrons. The third-order valence-corrected chi connectivity index (χ3v) is 5.02. The van der Waals surface area contributed by atoms with Crippen molar-refractivity contribution in [2.45, 2.75) is 38.8 Å². The third-order valence-electron chi connectivity index (χ3n) is 5.02. The number of benzene rings is 2. The molecule has 0 radical (unpaired) electrons. The first-order valence-electron chi connectivity index (χ1n) is 9.80. The number of hydrogen-bond acceptors (Lipinski definition) is 4. The maximum absolute atomic E-state index is 12.5. The highest BCUT2D eigenvalue weighted by Crippen LogP contribution is 2.36. The summed E-state index contributed by atoms with van der Waals surface area (Å²) in [5, 5.41) is 3.08. The zero-order chi connectivity index (χ0) is 19.5. The van der Waals surface area contributed by atoms with Crippen LogP contribution in [0.2, 0.25) is 0 Å². The molecule has 0 bridgehead atoms. The molecule has 0 saturated heterocycles. The quantitative estimate of drug-likeness (QED) is 0.796. The topological polar surface area (TPSA) is 56.8 Å². The minimum Gasteiger partial charge on any atom is -0.493 e. The van der Waals surface area contributed by atoms with Gasteiger partial charge in [0.1, 0.15) is 23.4 Å². The lowest BCUT2D eigenvalue weighted by Gasteiger charge is -2.26. The number of ether oxygens (including phenoxy) is 3. The Kier molecular flexibility index (Phi) is 5.24. The predicted octanol–water partition coefficient (Wildman–Crippen LogP) is 4.06. The van der Waals surface area contributed by atoms with Crippen LogP contribution in [0.4, 0.5) is 0 Å². The fourth-order valence-electron chi connectivity index (χ4n) is 3.74. The van der Waals surface area contributed by atoms with Crippen LogP contribution in [0.25, 0.3) is 6.08 Å². The number of carbonyl (C=O) groups excluding carboxylic acids is 1. The molecule has 0 unspecified atom stereocenters. The van der Waals surface area contributed by atoms with E-state index in [1.807, 2.05) is 43.3 Å². The Morgan fingerprint density at radius 3 is 3.00 bits per heavy atom. The summed E-state index contributed by atoms with van der Waals surface area (Å²) in [4.78, 5) is 12.5. The summed E-state index contributed by atoms with van der Waals surface area (Å²) in [5.74, 6) is 2.35. The first-order valence-corrected chi connectivity index (χ1v) is 9.80. The van der Waals surface area contributed by atoms with Gasteiger partial charge in [-0.05, 0) is 38.1 Å². The fourth-order valence-corrected chi connectivity index (χ4v) is 3.74. The van der Waals surface area contributed by atoms with Gasteiger partial charge in [0.25, 0.3) is 0 Å². The third kappa shape index (κ3) is 3.84. The van der Waals surface area contributed by atoms with Crippen molar-refractivity contribution in [3.05, 3.63) is 59.2 Å². The lowest BCUT2D eigenvalue weighted by molar-refractivity contribution is -0.117. The summed E-state index contributed by atoms with van der Waals surface area (Å²) in [7, 11) is 0. The van der Waals surface area contributed by atoms with E-state index >= 15 is 0 Å². The molecule has 2 heterocycles. The number of nitrogens with one attached hydrogen (secondary N) is 1. The van der Waals surface area contributed by atoms with E-state index in [0.29, 0.717) is 13.2 Å². The highest BCUT2D eigenvalue weighted by Gasteiger charge is 2.23. The Hall–Kier alpha value is -2.95. The molecule has 1 N–H and O–H groups in total. The van der Waals surface area contributed by atoms with Crippen molar-refractivity contribution >= 4 is 12.0 Å². The molecular weight excluding hydrogens is 354 g/mol. The average molecular weight is 379 g/mol. The van der Waals surface area contributed by atoms with Gasteiger partial charge in [-0.3, -0.25) is 4.79 Å².